The molecule has 0 aliphatic carbocycles. The Labute approximate surface area is 123 Å². The SMILES string of the molecule is Cc1c(Cl)cccc1S(=O)(=O)Nc1cc(C(C)C)[nH]n1. The molecule has 2 rings (SSSR count). The molecule has 0 saturated carbocycles. The number of aromatic amines is 1. The Morgan fingerprint density at radius 1 is 1.35 bits per heavy atom. The van der Waals surface area contributed by atoms with Gasteiger partial charge in [0, 0.05) is 16.8 Å². The molecule has 0 amide bonds. The molecule has 1 aromatic carbocycles. The number of nitrogens with zero attached hydrogens (tertiary/aromatic N) is 1. The summed E-state index contributed by atoms with van der Waals surface area (Å²) < 4.78 is 27.1. The van der Waals surface area contributed by atoms with Crippen LogP contribution >= 0.6 is 11.6 Å². The van der Waals surface area contributed by atoms with Crippen molar-refractivity contribution in [3.8, 4) is 0 Å². The highest BCUT2D eigenvalue weighted by Crippen LogP contribution is 2.25. The Morgan fingerprint density at radius 2 is 2.05 bits per heavy atom. The lowest BCUT2D eigenvalue weighted by Crippen LogP contribution is -2.14. The minimum absolute atomic E-state index is 0.152. The van der Waals surface area contributed by atoms with Crippen molar-refractivity contribution < 1.29 is 8.42 Å². The number of benzene rings is 1. The molecule has 108 valence electrons. The first-order valence-electron chi connectivity index (χ1n) is 6.14. The van der Waals surface area contributed by atoms with Crippen LogP contribution in [-0.2, 0) is 10.0 Å². The van der Waals surface area contributed by atoms with Crippen molar-refractivity contribution in [2.75, 3.05) is 4.72 Å². The molecule has 0 spiro atoms. The van der Waals surface area contributed by atoms with Crippen LogP contribution in [0.5, 0.6) is 0 Å². The average molecular weight is 314 g/mol. The van der Waals surface area contributed by atoms with Crippen molar-refractivity contribution in [2.24, 2.45) is 0 Å². The summed E-state index contributed by atoms with van der Waals surface area (Å²) in [6.07, 6.45) is 0. The molecule has 0 unspecified atom stereocenters. The Kier molecular flexibility index (Phi) is 4.06. The Bertz CT molecular complexity index is 723. The first kappa shape index (κ1) is 14.9. The van der Waals surface area contributed by atoms with E-state index in [4.69, 9.17) is 11.6 Å². The summed E-state index contributed by atoms with van der Waals surface area (Å²) in [4.78, 5) is 0.152. The second kappa shape index (κ2) is 5.46. The van der Waals surface area contributed by atoms with E-state index in [9.17, 15) is 8.42 Å². The number of nitrogens with one attached hydrogen (secondary N) is 2. The number of halogens is 1. The zero-order valence-electron chi connectivity index (χ0n) is 11.4. The van der Waals surface area contributed by atoms with Crippen LogP contribution < -0.4 is 4.72 Å². The van der Waals surface area contributed by atoms with E-state index < -0.39 is 10.0 Å². The van der Waals surface area contributed by atoms with E-state index in [-0.39, 0.29) is 16.6 Å². The third-order valence-corrected chi connectivity index (χ3v) is 4.87. The smallest absolute Gasteiger partial charge is 0.263 e. The molecule has 20 heavy (non-hydrogen) atoms. The Balaban J connectivity index is 2.33. The van der Waals surface area contributed by atoms with Crippen molar-refractivity contribution in [1.29, 1.82) is 0 Å². The van der Waals surface area contributed by atoms with Crippen LogP contribution in [0.3, 0.4) is 0 Å². The summed E-state index contributed by atoms with van der Waals surface area (Å²) in [5, 5.41) is 7.17. The molecule has 7 heteroatoms. The molecule has 2 aromatic rings. The van der Waals surface area contributed by atoms with Gasteiger partial charge < -0.3 is 0 Å². The van der Waals surface area contributed by atoms with Gasteiger partial charge >= 0.3 is 0 Å². The van der Waals surface area contributed by atoms with Gasteiger partial charge in [-0.2, -0.15) is 5.10 Å². The average Bonchev–Trinajstić information content (AvgIpc) is 2.80. The number of H-pyrrole nitrogens is 1. The lowest BCUT2D eigenvalue weighted by Gasteiger charge is -2.09. The number of hydrogen-bond acceptors (Lipinski definition) is 3. The van der Waals surface area contributed by atoms with Crippen LogP contribution in [0.4, 0.5) is 5.82 Å². The molecule has 0 bridgehead atoms. The van der Waals surface area contributed by atoms with Crippen molar-refractivity contribution in [3.05, 3.63) is 40.5 Å². The van der Waals surface area contributed by atoms with Gasteiger partial charge in [0.15, 0.2) is 5.82 Å². The van der Waals surface area contributed by atoms with E-state index in [2.05, 4.69) is 14.9 Å². The molecule has 2 N–H and O–H groups in total. The molecule has 0 aliphatic rings. The Hall–Kier alpha value is -1.53. The van der Waals surface area contributed by atoms with Gasteiger partial charge in [0.25, 0.3) is 10.0 Å². The summed E-state index contributed by atoms with van der Waals surface area (Å²) in [5.74, 6) is 0.515. The van der Waals surface area contributed by atoms with Gasteiger partial charge in [0.1, 0.15) is 0 Å². The van der Waals surface area contributed by atoms with Crippen molar-refractivity contribution >= 4 is 27.4 Å². The van der Waals surface area contributed by atoms with Crippen LogP contribution in [0.1, 0.15) is 31.0 Å². The van der Waals surface area contributed by atoms with E-state index in [0.717, 1.165) is 5.69 Å². The predicted molar refractivity (Wildman–Crippen MR) is 79.7 cm³/mol. The Morgan fingerprint density at radius 3 is 2.65 bits per heavy atom. The standard InChI is InChI=1S/C13H16ClN3O2S/c1-8(2)11-7-13(16-15-11)17-20(18,19)12-6-4-5-10(14)9(12)3/h4-8H,1-3H3,(H2,15,16,17). The maximum Gasteiger partial charge on any atom is 0.263 e. The first-order chi connectivity index (χ1) is 9.31. The molecule has 0 saturated heterocycles. The van der Waals surface area contributed by atoms with Crippen molar-refractivity contribution in [3.63, 3.8) is 0 Å². The van der Waals surface area contributed by atoms with Gasteiger partial charge in [-0.15, -0.1) is 0 Å². The van der Waals surface area contributed by atoms with E-state index in [1.807, 2.05) is 13.8 Å². The molecule has 1 heterocycles. The van der Waals surface area contributed by atoms with Crippen LogP contribution in [-0.4, -0.2) is 18.6 Å². The summed E-state index contributed by atoms with van der Waals surface area (Å²) in [7, 11) is -3.70. The molecular formula is C13H16ClN3O2S. The van der Waals surface area contributed by atoms with Crippen molar-refractivity contribution in [1.82, 2.24) is 10.2 Å². The van der Waals surface area contributed by atoms with E-state index >= 15 is 0 Å². The highest BCUT2D eigenvalue weighted by molar-refractivity contribution is 7.92. The minimum Gasteiger partial charge on any atom is -0.280 e. The lowest BCUT2D eigenvalue weighted by molar-refractivity contribution is 0.600. The number of rotatable bonds is 4. The molecular weight excluding hydrogens is 298 g/mol. The maximum atomic E-state index is 12.3. The first-order valence-corrected chi connectivity index (χ1v) is 8.00. The number of hydrogen-bond donors (Lipinski definition) is 2. The van der Waals surface area contributed by atoms with Gasteiger partial charge in [-0.3, -0.25) is 9.82 Å². The highest BCUT2D eigenvalue weighted by Gasteiger charge is 2.19. The second-order valence-corrected chi connectivity index (χ2v) is 6.89. The monoisotopic (exact) mass is 313 g/mol. The third-order valence-electron chi connectivity index (χ3n) is 2.97. The fourth-order valence-corrected chi connectivity index (χ4v) is 3.25. The maximum absolute atomic E-state index is 12.3. The van der Waals surface area contributed by atoms with Gasteiger partial charge in [-0.1, -0.05) is 31.5 Å². The molecule has 0 radical (unpaired) electrons. The van der Waals surface area contributed by atoms with E-state index in [1.165, 1.54) is 6.07 Å². The van der Waals surface area contributed by atoms with Gasteiger partial charge in [-0.05, 0) is 30.5 Å². The second-order valence-electron chi connectivity index (χ2n) is 4.83. The van der Waals surface area contributed by atoms with Crippen LogP contribution in [0.25, 0.3) is 0 Å². The number of anilines is 1. The predicted octanol–water partition coefficient (Wildman–Crippen LogP) is 3.30. The topological polar surface area (TPSA) is 74.8 Å². The molecule has 5 nitrogen and oxygen atoms in total. The highest BCUT2D eigenvalue weighted by atomic mass is 35.5. The number of sulfonamides is 1. The summed E-state index contributed by atoms with van der Waals surface area (Å²) in [5.41, 5.74) is 1.38. The fraction of sp³-hybridized carbons (Fsp3) is 0.308. The van der Waals surface area contributed by atoms with Crippen molar-refractivity contribution in [2.45, 2.75) is 31.6 Å². The fourth-order valence-electron chi connectivity index (χ4n) is 1.76. The van der Waals surface area contributed by atoms with Gasteiger partial charge in [0.05, 0.1) is 4.90 Å². The van der Waals surface area contributed by atoms with E-state index in [0.29, 0.717) is 10.6 Å². The van der Waals surface area contributed by atoms with Crippen LogP contribution in [0.2, 0.25) is 5.02 Å². The number of aromatic nitrogens is 2. The lowest BCUT2D eigenvalue weighted by atomic mass is 10.1. The quantitative estimate of drug-likeness (QED) is 0.909. The van der Waals surface area contributed by atoms with Crippen LogP contribution in [0, 0.1) is 6.92 Å². The largest absolute Gasteiger partial charge is 0.280 e. The normalized spacial score (nSPS) is 11.8. The molecule has 0 fully saturated rings. The molecule has 0 atom stereocenters. The minimum atomic E-state index is -3.70. The van der Waals surface area contributed by atoms with E-state index in [1.54, 1.807) is 25.1 Å². The molecule has 1 aromatic heterocycles. The summed E-state index contributed by atoms with van der Waals surface area (Å²) >= 11 is 5.95. The zero-order chi connectivity index (χ0) is 14.9. The van der Waals surface area contributed by atoms with Gasteiger partial charge in [-0.25, -0.2) is 8.42 Å². The van der Waals surface area contributed by atoms with Crippen LogP contribution in [0.15, 0.2) is 29.2 Å². The molecule has 0 aliphatic heterocycles. The third kappa shape index (κ3) is 2.96. The van der Waals surface area contributed by atoms with Gasteiger partial charge in [0.2, 0.25) is 0 Å². The zero-order valence-corrected chi connectivity index (χ0v) is 13.0. The summed E-state index contributed by atoms with van der Waals surface area (Å²) in [6, 6.07) is 6.46. The summed E-state index contributed by atoms with van der Waals surface area (Å²) in [6.45, 7) is 5.65.